The lowest BCUT2D eigenvalue weighted by Gasteiger charge is -2.08. The third-order valence-corrected chi connectivity index (χ3v) is 3.38. The lowest BCUT2D eigenvalue weighted by atomic mass is 10.1. The number of aromatic nitrogens is 2. The van der Waals surface area contributed by atoms with E-state index in [0.29, 0.717) is 5.82 Å². The van der Waals surface area contributed by atoms with E-state index >= 15 is 0 Å². The number of aryl methyl sites for hydroxylation is 1. The summed E-state index contributed by atoms with van der Waals surface area (Å²) in [6, 6.07) is 7.78. The zero-order chi connectivity index (χ0) is 11.8. The fourth-order valence-corrected chi connectivity index (χ4v) is 2.43. The summed E-state index contributed by atoms with van der Waals surface area (Å²) in [5.41, 5.74) is 1.89. The molecule has 1 unspecified atom stereocenters. The predicted octanol–water partition coefficient (Wildman–Crippen LogP) is 1.51. The maximum absolute atomic E-state index is 12.3. The lowest BCUT2D eigenvalue weighted by Crippen LogP contribution is -2.32. The van der Waals surface area contributed by atoms with Crippen LogP contribution in [0.3, 0.4) is 0 Å². The van der Waals surface area contributed by atoms with Crippen molar-refractivity contribution in [2.75, 3.05) is 6.54 Å². The first kappa shape index (κ1) is 10.5. The molecule has 1 aliphatic rings. The Balaban J connectivity index is 2.05. The van der Waals surface area contributed by atoms with Gasteiger partial charge in [-0.05, 0) is 31.5 Å². The van der Waals surface area contributed by atoms with Crippen molar-refractivity contribution in [3.05, 3.63) is 30.1 Å². The first-order chi connectivity index (χ1) is 8.27. The van der Waals surface area contributed by atoms with E-state index in [1.54, 1.807) is 0 Å². The average Bonchev–Trinajstić information content (AvgIpc) is 2.97. The van der Waals surface area contributed by atoms with Gasteiger partial charge >= 0.3 is 0 Å². The summed E-state index contributed by atoms with van der Waals surface area (Å²) in [7, 11) is 1.90. The van der Waals surface area contributed by atoms with Crippen LogP contribution in [0.15, 0.2) is 24.3 Å². The highest BCUT2D eigenvalue weighted by atomic mass is 16.1. The Morgan fingerprint density at radius 2 is 2.29 bits per heavy atom. The standard InChI is InChI=1S/C13H15N3O/c1-16-11-7-3-2-5-9(11)15-13(16)12(17)10-6-4-8-14-10/h2-3,5,7,10,14H,4,6,8H2,1H3. The molecule has 1 aromatic heterocycles. The van der Waals surface area contributed by atoms with Crippen LogP contribution in [-0.2, 0) is 7.05 Å². The number of imidazole rings is 1. The van der Waals surface area contributed by atoms with E-state index in [4.69, 9.17) is 0 Å². The van der Waals surface area contributed by atoms with Crippen molar-refractivity contribution in [2.24, 2.45) is 7.05 Å². The van der Waals surface area contributed by atoms with Crippen LogP contribution in [0.4, 0.5) is 0 Å². The number of hydrogen-bond acceptors (Lipinski definition) is 3. The Hall–Kier alpha value is -1.68. The zero-order valence-corrected chi connectivity index (χ0v) is 9.81. The molecule has 1 aliphatic heterocycles. The van der Waals surface area contributed by atoms with Crippen LogP contribution in [-0.4, -0.2) is 27.9 Å². The van der Waals surface area contributed by atoms with Crippen LogP contribution in [0.1, 0.15) is 23.5 Å². The highest BCUT2D eigenvalue weighted by Gasteiger charge is 2.26. The van der Waals surface area contributed by atoms with Crippen molar-refractivity contribution in [2.45, 2.75) is 18.9 Å². The number of carbonyl (C=O) groups is 1. The molecule has 0 aliphatic carbocycles. The summed E-state index contributed by atoms with van der Waals surface area (Å²) < 4.78 is 1.89. The van der Waals surface area contributed by atoms with Crippen LogP contribution < -0.4 is 5.32 Å². The van der Waals surface area contributed by atoms with Gasteiger partial charge in [-0.15, -0.1) is 0 Å². The molecule has 4 nitrogen and oxygen atoms in total. The zero-order valence-electron chi connectivity index (χ0n) is 9.81. The molecule has 88 valence electrons. The molecule has 0 saturated carbocycles. The molecule has 1 atom stereocenters. The van der Waals surface area contributed by atoms with Gasteiger partial charge in [0.1, 0.15) is 0 Å². The van der Waals surface area contributed by atoms with Gasteiger partial charge in [-0.3, -0.25) is 4.79 Å². The Bertz CT molecular complexity index is 567. The van der Waals surface area contributed by atoms with Gasteiger partial charge < -0.3 is 9.88 Å². The molecule has 0 radical (unpaired) electrons. The molecule has 1 saturated heterocycles. The molecular formula is C13H15N3O. The number of rotatable bonds is 2. The molecule has 1 aromatic carbocycles. The van der Waals surface area contributed by atoms with E-state index in [-0.39, 0.29) is 11.8 Å². The van der Waals surface area contributed by atoms with Gasteiger partial charge in [-0.1, -0.05) is 12.1 Å². The molecule has 1 fully saturated rings. The highest BCUT2D eigenvalue weighted by Crippen LogP contribution is 2.17. The summed E-state index contributed by atoms with van der Waals surface area (Å²) in [5.74, 6) is 0.673. The second kappa shape index (κ2) is 3.96. The van der Waals surface area contributed by atoms with E-state index in [1.807, 2.05) is 35.9 Å². The van der Waals surface area contributed by atoms with Crippen LogP contribution in [0, 0.1) is 0 Å². The monoisotopic (exact) mass is 229 g/mol. The number of benzene rings is 1. The average molecular weight is 229 g/mol. The van der Waals surface area contributed by atoms with Crippen LogP contribution in [0.5, 0.6) is 0 Å². The fraction of sp³-hybridized carbons (Fsp3) is 0.385. The quantitative estimate of drug-likeness (QED) is 0.794. The molecule has 3 rings (SSSR count). The third-order valence-electron chi connectivity index (χ3n) is 3.38. The second-order valence-electron chi connectivity index (χ2n) is 4.50. The predicted molar refractivity (Wildman–Crippen MR) is 66.1 cm³/mol. The number of hydrogen-bond donors (Lipinski definition) is 1. The Labute approximate surface area is 99.6 Å². The number of ketones is 1. The first-order valence-corrected chi connectivity index (χ1v) is 5.96. The summed E-state index contributed by atoms with van der Waals surface area (Å²) in [5, 5.41) is 3.22. The van der Waals surface area contributed by atoms with Gasteiger partial charge in [-0.2, -0.15) is 0 Å². The van der Waals surface area contributed by atoms with Gasteiger partial charge in [0.05, 0.1) is 17.1 Å². The van der Waals surface area contributed by atoms with Crippen molar-refractivity contribution in [1.82, 2.24) is 14.9 Å². The summed E-state index contributed by atoms with van der Waals surface area (Å²) in [6.45, 7) is 0.931. The number of fused-ring (bicyclic) bond motifs is 1. The number of carbonyl (C=O) groups excluding carboxylic acids is 1. The van der Waals surface area contributed by atoms with Crippen molar-refractivity contribution in [1.29, 1.82) is 0 Å². The number of nitrogens with one attached hydrogen (secondary N) is 1. The maximum atomic E-state index is 12.3. The topological polar surface area (TPSA) is 46.9 Å². The van der Waals surface area contributed by atoms with Crippen LogP contribution in [0.2, 0.25) is 0 Å². The smallest absolute Gasteiger partial charge is 0.215 e. The molecule has 1 N–H and O–H groups in total. The fourth-order valence-electron chi connectivity index (χ4n) is 2.43. The largest absolute Gasteiger partial charge is 0.325 e. The van der Waals surface area contributed by atoms with E-state index < -0.39 is 0 Å². The van der Waals surface area contributed by atoms with E-state index in [0.717, 1.165) is 30.4 Å². The SMILES string of the molecule is Cn1c(C(=O)C2CCCN2)nc2ccccc21. The second-order valence-corrected chi connectivity index (χ2v) is 4.50. The summed E-state index contributed by atoms with van der Waals surface area (Å²) >= 11 is 0. The van der Waals surface area contributed by atoms with Gasteiger partial charge in [0.25, 0.3) is 0 Å². The highest BCUT2D eigenvalue weighted by molar-refractivity contribution is 6.00. The van der Waals surface area contributed by atoms with Gasteiger partial charge in [-0.25, -0.2) is 4.98 Å². The molecule has 0 bridgehead atoms. The van der Waals surface area contributed by atoms with Gasteiger partial charge in [0.2, 0.25) is 5.78 Å². The van der Waals surface area contributed by atoms with Gasteiger partial charge in [0.15, 0.2) is 5.82 Å². The Kier molecular flexibility index (Phi) is 2.44. The minimum Gasteiger partial charge on any atom is -0.325 e. The molecule has 0 amide bonds. The van der Waals surface area contributed by atoms with E-state index in [1.165, 1.54) is 0 Å². The molecule has 17 heavy (non-hydrogen) atoms. The van der Waals surface area contributed by atoms with E-state index in [9.17, 15) is 4.79 Å². The molecule has 2 heterocycles. The summed E-state index contributed by atoms with van der Waals surface area (Å²) in [6.07, 6.45) is 1.99. The number of para-hydroxylation sites is 2. The van der Waals surface area contributed by atoms with Crippen molar-refractivity contribution >= 4 is 16.8 Å². The van der Waals surface area contributed by atoms with Crippen molar-refractivity contribution in [3.8, 4) is 0 Å². The van der Waals surface area contributed by atoms with E-state index in [2.05, 4.69) is 10.3 Å². The third kappa shape index (κ3) is 1.65. The number of Topliss-reactive ketones (excluding diaryl/α,β-unsaturated/α-hetero) is 1. The first-order valence-electron chi connectivity index (χ1n) is 5.96. The Morgan fingerprint density at radius 3 is 3.00 bits per heavy atom. The minimum atomic E-state index is -0.0505. The van der Waals surface area contributed by atoms with Crippen LogP contribution >= 0.6 is 0 Å². The maximum Gasteiger partial charge on any atom is 0.215 e. The molecule has 4 heteroatoms. The summed E-state index contributed by atoms with van der Waals surface area (Å²) in [4.78, 5) is 16.7. The van der Waals surface area contributed by atoms with Crippen LogP contribution in [0.25, 0.3) is 11.0 Å². The van der Waals surface area contributed by atoms with Crippen molar-refractivity contribution < 1.29 is 4.79 Å². The van der Waals surface area contributed by atoms with Gasteiger partial charge in [0, 0.05) is 7.05 Å². The molecular weight excluding hydrogens is 214 g/mol. The lowest BCUT2D eigenvalue weighted by molar-refractivity contribution is 0.0939. The van der Waals surface area contributed by atoms with Crippen molar-refractivity contribution in [3.63, 3.8) is 0 Å². The number of nitrogens with zero attached hydrogens (tertiary/aromatic N) is 2. The minimum absolute atomic E-state index is 0.0505. The molecule has 2 aromatic rings. The molecule has 0 spiro atoms. The normalized spacial score (nSPS) is 19.9. The Morgan fingerprint density at radius 1 is 1.47 bits per heavy atom.